The van der Waals surface area contributed by atoms with Gasteiger partial charge in [-0.15, -0.1) is 152 Å². The van der Waals surface area contributed by atoms with Crippen molar-refractivity contribution in [2.75, 3.05) is 0 Å². The molecule has 22 heteroatoms. The van der Waals surface area contributed by atoms with Crippen LogP contribution in [0.3, 0.4) is 0 Å². The number of aryl methyl sites for hydroxylation is 3. The molecule has 0 spiro atoms. The standard InChI is InChI=1S/C18H13N2.C16H12N5.2C16H10N3.C15H9N4.5Ir/c1-13-12-20-10-9-19-18(20)16-8-7-15(11-17(13)16)14-5-3-2-4-6-14;1-10-18-11(2)20-15(19-10)13-3-4-14-12(9-13)5-7-21-8-6-17-16(14)21;1-2-6-13-12(5-1)8-10-19-15(11-18-16(13)19)14-7-3-4-9-17-14;1-2-13(12-4-7-17-8-5-12)14-6-10-19-11-9-18-16(19)15(14)3-1;1-2-4-12-11(3-1)9-14(13-10-16-5-6-17-13)19-8-7-18-15(12)19;;;;;/h2-7,9-12H,1H3;3,5-9H,1-2H3;1-5,7-11H;1-2,4-11H;1-3,5-10H;;;;;/q5*-1;;;;;. The maximum atomic E-state index is 4.51. The van der Waals surface area contributed by atoms with Crippen LogP contribution < -0.4 is 0 Å². The fourth-order valence-electron chi connectivity index (χ4n) is 12.2. The molecule has 0 bridgehead atoms. The zero-order valence-electron chi connectivity index (χ0n) is 54.8. The summed E-state index contributed by atoms with van der Waals surface area (Å²) in [5.74, 6) is 2.13. The van der Waals surface area contributed by atoms with E-state index in [1.54, 1.807) is 37.2 Å². The van der Waals surface area contributed by atoms with Crippen molar-refractivity contribution in [1.29, 1.82) is 0 Å². The van der Waals surface area contributed by atoms with E-state index in [-0.39, 0.29) is 101 Å². The van der Waals surface area contributed by atoms with Gasteiger partial charge in [0, 0.05) is 187 Å². The third-order valence-electron chi connectivity index (χ3n) is 16.8. The zero-order valence-corrected chi connectivity index (χ0v) is 66.7. The maximum absolute atomic E-state index is 4.51. The molecule has 20 aromatic rings. The third kappa shape index (κ3) is 15.3. The molecule has 14 heterocycles. The van der Waals surface area contributed by atoms with Gasteiger partial charge < -0.3 is 22.0 Å². The predicted octanol–water partition coefficient (Wildman–Crippen LogP) is 16.5. The maximum Gasteiger partial charge on any atom is 0.128 e. The second-order valence-corrected chi connectivity index (χ2v) is 23.0. The van der Waals surface area contributed by atoms with Gasteiger partial charge in [0.25, 0.3) is 0 Å². The molecule has 513 valence electrons. The number of hydrogen-bond acceptors (Lipinski definition) is 12. The molecule has 6 aromatic carbocycles. The van der Waals surface area contributed by atoms with E-state index in [4.69, 9.17) is 0 Å². The molecule has 17 nitrogen and oxygen atoms in total. The average Bonchev–Trinajstić information content (AvgIpc) is 1.78. The first kappa shape index (κ1) is 73.9. The normalized spacial score (nSPS) is 10.7. The number of nitrogens with zero attached hydrogens (tertiary/aromatic N) is 17. The van der Waals surface area contributed by atoms with Gasteiger partial charge in [0.15, 0.2) is 0 Å². The largest absolute Gasteiger partial charge is 0.347 e. The van der Waals surface area contributed by atoms with Gasteiger partial charge in [-0.05, 0) is 75.4 Å². The molecule has 0 atom stereocenters. The molecular weight excluding hydrogens is 2170 g/mol. The van der Waals surface area contributed by atoms with Crippen LogP contribution in [0.25, 0.3) is 139 Å². The summed E-state index contributed by atoms with van der Waals surface area (Å²) in [7, 11) is 0. The van der Waals surface area contributed by atoms with E-state index in [9.17, 15) is 0 Å². The molecule has 0 saturated carbocycles. The molecule has 0 fully saturated rings. The summed E-state index contributed by atoms with van der Waals surface area (Å²) in [6.07, 6.45) is 35.6. The minimum absolute atomic E-state index is 0. The van der Waals surface area contributed by atoms with Crippen LogP contribution in [-0.2, 0) is 101 Å². The van der Waals surface area contributed by atoms with Gasteiger partial charge >= 0.3 is 0 Å². The Morgan fingerprint density at radius 1 is 0.330 bits per heavy atom. The molecule has 0 aliphatic rings. The second-order valence-electron chi connectivity index (χ2n) is 23.0. The Morgan fingerprint density at radius 2 is 0.922 bits per heavy atom. The fraction of sp³-hybridized carbons (Fsp3) is 0.0370. The van der Waals surface area contributed by atoms with Crippen LogP contribution in [0.15, 0.2) is 275 Å². The van der Waals surface area contributed by atoms with Crippen molar-refractivity contribution in [2.45, 2.75) is 20.8 Å². The average molecular weight is 2230 g/mol. The quantitative estimate of drug-likeness (QED) is 0.149. The number of rotatable bonds is 5. The van der Waals surface area contributed by atoms with Gasteiger partial charge in [-0.1, -0.05) is 93.9 Å². The minimum Gasteiger partial charge on any atom is -0.347 e. The Morgan fingerprint density at radius 3 is 1.66 bits per heavy atom. The molecule has 20 rings (SSSR count). The van der Waals surface area contributed by atoms with Crippen LogP contribution in [0, 0.1) is 51.1 Å². The van der Waals surface area contributed by atoms with E-state index >= 15 is 0 Å². The summed E-state index contributed by atoms with van der Waals surface area (Å²) in [6, 6.07) is 69.3. The number of hydrogen-bond donors (Lipinski definition) is 0. The number of fused-ring (bicyclic) bond motifs is 15. The fourth-order valence-corrected chi connectivity index (χ4v) is 12.2. The smallest absolute Gasteiger partial charge is 0.128 e. The van der Waals surface area contributed by atoms with Gasteiger partial charge in [-0.3, -0.25) is 44.9 Å². The third-order valence-corrected chi connectivity index (χ3v) is 16.8. The van der Waals surface area contributed by atoms with Gasteiger partial charge in [0.1, 0.15) is 23.2 Å². The van der Waals surface area contributed by atoms with E-state index in [0.29, 0.717) is 5.82 Å². The summed E-state index contributed by atoms with van der Waals surface area (Å²) >= 11 is 0. The summed E-state index contributed by atoms with van der Waals surface area (Å²) in [6.45, 7) is 5.87. The first-order valence-electron chi connectivity index (χ1n) is 31.5. The monoisotopic (exact) mass is 2230 g/mol. The van der Waals surface area contributed by atoms with Crippen LogP contribution in [0.2, 0.25) is 0 Å². The Labute approximate surface area is 658 Å². The van der Waals surface area contributed by atoms with Gasteiger partial charge in [-0.25, -0.2) is 15.0 Å². The zero-order chi connectivity index (χ0) is 65.9. The molecule has 103 heavy (non-hydrogen) atoms. The molecule has 0 aliphatic carbocycles. The molecule has 0 aliphatic heterocycles. The van der Waals surface area contributed by atoms with Crippen molar-refractivity contribution in [3.8, 4) is 56.4 Å². The Balaban J connectivity index is 0.000000128. The molecular formula is C81H54Ir5N17-5. The number of imidazole rings is 5. The molecule has 0 unspecified atom stereocenters. The van der Waals surface area contributed by atoms with Crippen LogP contribution in [0.5, 0.6) is 0 Å². The molecule has 0 N–H and O–H groups in total. The van der Waals surface area contributed by atoms with Crippen LogP contribution in [-0.4, -0.2) is 81.8 Å². The molecule has 0 saturated heterocycles. The SMILES string of the molecule is Cc1cn2ccnc2c2[c-]cc(-c3ccccc3)cc12.Cc1nc(C)nc(-c2c[c-]c3c(ccn4ccnc34)c2)n1.[Ir].[Ir].[Ir].[Ir].[Ir].[c-]1ccc(-c2ccncc2)c2ccn3ccnc3c12.[c-]1cccc2cc(-c3cnccn3)n3ccnc3c12.[c-]1cccc2ccn3c(-c4ccccn4)cnc3c12. The summed E-state index contributed by atoms with van der Waals surface area (Å²) in [4.78, 5) is 52.1. The van der Waals surface area contributed by atoms with Gasteiger partial charge in [-0.2, -0.15) is 0 Å². The second kappa shape index (κ2) is 33.2. The minimum atomic E-state index is 0. The number of benzene rings is 6. The first-order chi connectivity index (χ1) is 48.3. The molecule has 5 radical (unpaired) electrons. The Bertz CT molecular complexity index is 6230. The van der Waals surface area contributed by atoms with Crippen molar-refractivity contribution >= 4 is 82.1 Å². The van der Waals surface area contributed by atoms with E-state index in [1.807, 2.05) is 186 Å². The Hall–Kier alpha value is -10.3. The first-order valence-corrected chi connectivity index (χ1v) is 31.5. The number of pyridine rings is 7. The molecule has 0 amide bonds. The summed E-state index contributed by atoms with van der Waals surface area (Å²) in [5.41, 5.74) is 15.3. The van der Waals surface area contributed by atoms with Crippen LogP contribution >= 0.6 is 0 Å². The van der Waals surface area contributed by atoms with Crippen molar-refractivity contribution in [2.24, 2.45) is 0 Å². The van der Waals surface area contributed by atoms with Crippen molar-refractivity contribution in [1.82, 2.24) is 81.8 Å². The van der Waals surface area contributed by atoms with E-state index < -0.39 is 0 Å². The van der Waals surface area contributed by atoms with Crippen molar-refractivity contribution in [3.05, 3.63) is 323 Å². The van der Waals surface area contributed by atoms with Gasteiger partial charge in [0.2, 0.25) is 0 Å². The van der Waals surface area contributed by atoms with E-state index in [0.717, 1.165) is 122 Å². The molecule has 14 aromatic heterocycles. The topological polar surface area (TPSA) is 177 Å². The van der Waals surface area contributed by atoms with Crippen LogP contribution in [0.1, 0.15) is 17.2 Å². The van der Waals surface area contributed by atoms with E-state index in [2.05, 4.69) is 185 Å². The van der Waals surface area contributed by atoms with E-state index in [1.165, 1.54) is 27.6 Å². The summed E-state index contributed by atoms with van der Waals surface area (Å²) < 4.78 is 10.1. The summed E-state index contributed by atoms with van der Waals surface area (Å²) in [5, 5.41) is 10.9. The van der Waals surface area contributed by atoms with Crippen molar-refractivity contribution < 1.29 is 101 Å². The predicted molar refractivity (Wildman–Crippen MR) is 384 cm³/mol. The number of aromatic nitrogens is 17. The van der Waals surface area contributed by atoms with Crippen LogP contribution in [0.4, 0.5) is 0 Å². The van der Waals surface area contributed by atoms with Gasteiger partial charge in [0.05, 0.1) is 51.5 Å². The van der Waals surface area contributed by atoms with Crippen molar-refractivity contribution in [3.63, 3.8) is 0 Å². The Kier molecular flexibility index (Phi) is 23.8.